The van der Waals surface area contributed by atoms with E-state index >= 15 is 0 Å². The van der Waals surface area contributed by atoms with E-state index in [1.165, 1.54) is 0 Å². The number of rotatable bonds is 6. The summed E-state index contributed by atoms with van der Waals surface area (Å²) in [6.07, 6.45) is 0.911. The lowest BCUT2D eigenvalue weighted by molar-refractivity contribution is 0.103. The van der Waals surface area contributed by atoms with Gasteiger partial charge in [-0.05, 0) is 39.3 Å². The fourth-order valence-electron chi connectivity index (χ4n) is 3.56. The largest absolute Gasteiger partial charge is 0.385 e. The smallest absolute Gasteiger partial charge is 0.195 e. The second-order valence-corrected chi connectivity index (χ2v) is 6.68. The molecule has 25 heavy (non-hydrogen) atoms. The Kier molecular flexibility index (Phi) is 5.05. The molecule has 0 bridgehead atoms. The van der Waals surface area contributed by atoms with Crippen LogP contribution in [0.2, 0.25) is 0 Å². The number of hydrogen-bond acceptors (Lipinski definition) is 2. The fourth-order valence-corrected chi connectivity index (χ4v) is 3.56. The van der Waals surface area contributed by atoms with E-state index < -0.39 is 0 Å². The number of carbonyl (C=O) groups excluding carboxylic acids is 1. The first-order valence-corrected chi connectivity index (χ1v) is 8.74. The van der Waals surface area contributed by atoms with Crippen LogP contribution in [0.5, 0.6) is 0 Å². The van der Waals surface area contributed by atoms with E-state index in [2.05, 4.69) is 43.5 Å². The molecule has 0 aliphatic carbocycles. The molecular weight excluding hydrogens is 310 g/mol. The minimum absolute atomic E-state index is 0.0893. The number of fused-ring (bicyclic) bond motifs is 1. The van der Waals surface area contributed by atoms with Gasteiger partial charge in [-0.25, -0.2) is 0 Å². The van der Waals surface area contributed by atoms with E-state index in [0.717, 1.165) is 39.7 Å². The highest BCUT2D eigenvalue weighted by Crippen LogP contribution is 2.32. The summed E-state index contributed by atoms with van der Waals surface area (Å²) in [7, 11) is 1.72. The van der Waals surface area contributed by atoms with Crippen LogP contribution in [0, 0.1) is 13.8 Å². The molecule has 3 rings (SSSR count). The monoisotopic (exact) mass is 335 g/mol. The molecule has 1 heterocycles. The van der Waals surface area contributed by atoms with Gasteiger partial charge >= 0.3 is 0 Å². The van der Waals surface area contributed by atoms with Crippen molar-refractivity contribution in [1.29, 1.82) is 0 Å². The van der Waals surface area contributed by atoms with Crippen LogP contribution in [-0.2, 0) is 4.74 Å². The van der Waals surface area contributed by atoms with Crippen LogP contribution < -0.4 is 0 Å². The molecule has 0 saturated heterocycles. The summed E-state index contributed by atoms with van der Waals surface area (Å²) in [6.45, 7) is 7.00. The summed E-state index contributed by atoms with van der Waals surface area (Å²) in [5, 5.41) is 1.04. The van der Waals surface area contributed by atoms with Crippen LogP contribution in [0.4, 0.5) is 0 Å². The van der Waals surface area contributed by atoms with E-state index in [1.807, 2.05) is 30.3 Å². The Morgan fingerprint density at radius 2 is 1.84 bits per heavy atom. The number of hydrogen-bond donors (Lipinski definition) is 0. The van der Waals surface area contributed by atoms with Crippen molar-refractivity contribution in [3.8, 4) is 0 Å². The van der Waals surface area contributed by atoms with Gasteiger partial charge in [0, 0.05) is 41.9 Å². The highest BCUT2D eigenvalue weighted by atomic mass is 16.5. The molecule has 130 valence electrons. The third-order valence-corrected chi connectivity index (χ3v) is 4.85. The van der Waals surface area contributed by atoms with Crippen molar-refractivity contribution in [2.24, 2.45) is 0 Å². The van der Waals surface area contributed by atoms with E-state index in [-0.39, 0.29) is 11.8 Å². The van der Waals surface area contributed by atoms with Crippen LogP contribution in [0.1, 0.15) is 46.6 Å². The number of ether oxygens (including phenoxy) is 1. The Balaban J connectivity index is 2.19. The van der Waals surface area contributed by atoms with E-state index in [4.69, 9.17) is 4.74 Å². The first kappa shape index (κ1) is 17.4. The van der Waals surface area contributed by atoms with Gasteiger partial charge in [0.05, 0.1) is 5.56 Å². The average Bonchev–Trinajstić information content (AvgIpc) is 2.91. The molecule has 0 spiro atoms. The number of benzene rings is 2. The lowest BCUT2D eigenvalue weighted by Gasteiger charge is -2.17. The lowest BCUT2D eigenvalue weighted by Crippen LogP contribution is -2.11. The number of aromatic nitrogens is 1. The standard InChI is InChI=1S/C22H25NO2/c1-15-10-11-20-19(14-15)21(22(24)18-8-6-5-7-9-18)17(3)23(20)16(2)12-13-25-4/h5-11,14,16H,12-13H2,1-4H3. The zero-order valence-electron chi connectivity index (χ0n) is 15.4. The molecule has 1 unspecified atom stereocenters. The molecule has 0 radical (unpaired) electrons. The van der Waals surface area contributed by atoms with E-state index in [9.17, 15) is 4.79 Å². The molecule has 0 aliphatic rings. The van der Waals surface area contributed by atoms with Crippen molar-refractivity contribution in [1.82, 2.24) is 4.57 Å². The first-order valence-electron chi connectivity index (χ1n) is 8.74. The maximum Gasteiger partial charge on any atom is 0.195 e. The van der Waals surface area contributed by atoms with Crippen LogP contribution in [0.15, 0.2) is 48.5 Å². The highest BCUT2D eigenvalue weighted by molar-refractivity contribution is 6.17. The van der Waals surface area contributed by atoms with E-state index in [0.29, 0.717) is 6.61 Å². The maximum atomic E-state index is 13.2. The van der Waals surface area contributed by atoms with Crippen molar-refractivity contribution in [2.75, 3.05) is 13.7 Å². The summed E-state index contributed by atoms with van der Waals surface area (Å²) in [6, 6.07) is 16.2. The average molecular weight is 335 g/mol. The zero-order valence-corrected chi connectivity index (χ0v) is 15.4. The molecule has 1 aromatic heterocycles. The van der Waals surface area contributed by atoms with Gasteiger partial charge in [-0.3, -0.25) is 4.79 Å². The number of methoxy groups -OCH3 is 1. The second kappa shape index (κ2) is 7.24. The van der Waals surface area contributed by atoms with Gasteiger partial charge in [0.1, 0.15) is 0 Å². The highest BCUT2D eigenvalue weighted by Gasteiger charge is 2.23. The minimum atomic E-state index is 0.0893. The maximum absolute atomic E-state index is 13.2. The summed E-state index contributed by atoms with van der Waals surface area (Å²) < 4.78 is 7.53. The molecule has 3 aromatic rings. The first-order chi connectivity index (χ1) is 12.0. The van der Waals surface area contributed by atoms with Crippen molar-refractivity contribution in [3.63, 3.8) is 0 Å². The zero-order chi connectivity index (χ0) is 18.0. The minimum Gasteiger partial charge on any atom is -0.385 e. The summed E-state index contributed by atoms with van der Waals surface area (Å²) >= 11 is 0. The Morgan fingerprint density at radius 1 is 1.12 bits per heavy atom. The van der Waals surface area contributed by atoms with Crippen LogP contribution in [0.3, 0.4) is 0 Å². The summed E-state index contributed by atoms with van der Waals surface area (Å²) in [5.74, 6) is 0.0893. The molecule has 0 fully saturated rings. The number of carbonyl (C=O) groups is 1. The summed E-state index contributed by atoms with van der Waals surface area (Å²) in [4.78, 5) is 13.2. The second-order valence-electron chi connectivity index (χ2n) is 6.68. The third-order valence-electron chi connectivity index (χ3n) is 4.85. The van der Waals surface area contributed by atoms with Crippen LogP contribution >= 0.6 is 0 Å². The SMILES string of the molecule is COCCC(C)n1c(C)c(C(=O)c2ccccc2)c2cc(C)ccc21. The molecule has 0 N–H and O–H groups in total. The van der Waals surface area contributed by atoms with Crippen LogP contribution in [0.25, 0.3) is 10.9 Å². The summed E-state index contributed by atoms with van der Waals surface area (Å²) in [5.41, 5.74) is 4.85. The van der Waals surface area contributed by atoms with E-state index in [1.54, 1.807) is 7.11 Å². The topological polar surface area (TPSA) is 31.2 Å². The number of aryl methyl sites for hydroxylation is 1. The van der Waals surface area contributed by atoms with Crippen molar-refractivity contribution in [3.05, 3.63) is 70.9 Å². The molecule has 2 aromatic carbocycles. The molecule has 3 nitrogen and oxygen atoms in total. The van der Waals surface area contributed by atoms with Crippen molar-refractivity contribution >= 4 is 16.7 Å². The van der Waals surface area contributed by atoms with Gasteiger partial charge in [0.15, 0.2) is 5.78 Å². The Bertz CT molecular complexity index is 893. The van der Waals surface area contributed by atoms with Crippen molar-refractivity contribution < 1.29 is 9.53 Å². The number of nitrogens with zero attached hydrogens (tertiary/aromatic N) is 1. The molecule has 3 heteroatoms. The molecule has 0 saturated carbocycles. The Morgan fingerprint density at radius 3 is 2.52 bits per heavy atom. The molecule has 1 atom stereocenters. The Labute approximate surface area is 149 Å². The van der Waals surface area contributed by atoms with Gasteiger partial charge in [-0.15, -0.1) is 0 Å². The predicted octanol–water partition coefficient (Wildman–Crippen LogP) is 5.09. The van der Waals surface area contributed by atoms with Gasteiger partial charge in [0.25, 0.3) is 0 Å². The normalized spacial score (nSPS) is 12.5. The van der Waals surface area contributed by atoms with Gasteiger partial charge in [-0.2, -0.15) is 0 Å². The van der Waals surface area contributed by atoms with Gasteiger partial charge < -0.3 is 9.30 Å². The number of ketones is 1. The predicted molar refractivity (Wildman–Crippen MR) is 102 cm³/mol. The fraction of sp³-hybridized carbons (Fsp3) is 0.318. The molecule has 0 amide bonds. The van der Waals surface area contributed by atoms with Gasteiger partial charge in [0.2, 0.25) is 0 Å². The van der Waals surface area contributed by atoms with Crippen molar-refractivity contribution in [2.45, 2.75) is 33.2 Å². The van der Waals surface area contributed by atoms with Crippen LogP contribution in [-0.4, -0.2) is 24.1 Å². The molecule has 0 aliphatic heterocycles. The quantitative estimate of drug-likeness (QED) is 0.588. The van der Waals surface area contributed by atoms with Gasteiger partial charge in [-0.1, -0.05) is 42.0 Å². The Hall–Kier alpha value is -2.39. The lowest BCUT2D eigenvalue weighted by atomic mass is 10.00. The third kappa shape index (κ3) is 3.24. The molecular formula is C22H25NO2.